The van der Waals surface area contributed by atoms with Crippen LogP contribution < -0.4 is 0 Å². The second-order valence-corrected chi connectivity index (χ2v) is 6.55. The molecule has 8 nitrogen and oxygen atoms in total. The van der Waals surface area contributed by atoms with Crippen molar-refractivity contribution in [3.8, 4) is 5.75 Å². The highest BCUT2D eigenvalue weighted by atomic mass is 32.2. The van der Waals surface area contributed by atoms with Gasteiger partial charge in [0.15, 0.2) is 0 Å². The molecule has 1 aliphatic heterocycles. The first kappa shape index (κ1) is 19.7. The lowest BCUT2D eigenvalue weighted by Crippen LogP contribution is -2.57. The summed E-state index contributed by atoms with van der Waals surface area (Å²) in [7, 11) is 1.20. The number of esters is 1. The molecule has 1 aliphatic rings. The molecule has 25 heavy (non-hydrogen) atoms. The summed E-state index contributed by atoms with van der Waals surface area (Å²) in [5, 5.41) is 48.2. The number of ether oxygens (including phenoxy) is 2. The van der Waals surface area contributed by atoms with Crippen LogP contribution in [-0.2, 0) is 14.3 Å². The average molecular weight is 372 g/mol. The zero-order valence-electron chi connectivity index (χ0n) is 13.3. The van der Waals surface area contributed by atoms with Crippen LogP contribution in [0.2, 0.25) is 0 Å². The summed E-state index contributed by atoms with van der Waals surface area (Å²) in [5.74, 6) is -0.617. The number of aliphatic hydroxyl groups excluding tert-OH is 4. The average Bonchev–Trinajstić information content (AvgIpc) is 2.62. The fraction of sp³-hybridized carbons (Fsp3) is 0.438. The largest absolute Gasteiger partial charge is 0.508 e. The maximum atomic E-state index is 12.0. The first-order valence-corrected chi connectivity index (χ1v) is 8.31. The lowest BCUT2D eigenvalue weighted by Gasteiger charge is -2.39. The standard InChI is InChI=1S/C16H20O8S/c1-23-15(22)11(6-8-2-4-9(18)5-3-8)25-16-14(21)13(20)12(19)10(7-17)24-16/h2-6,10,12-14,16-21H,7H2,1H3/b11-6+/t10-,12-,13+,14-,16+/m1/s1. The van der Waals surface area contributed by atoms with E-state index in [1.807, 2.05) is 0 Å². The first-order chi connectivity index (χ1) is 11.9. The Morgan fingerprint density at radius 3 is 2.40 bits per heavy atom. The Labute approximate surface area is 148 Å². The predicted octanol–water partition coefficient (Wildman–Crippen LogP) is -0.561. The molecule has 0 aromatic heterocycles. The number of hydrogen-bond acceptors (Lipinski definition) is 9. The molecule has 1 aromatic rings. The number of aromatic hydroxyl groups is 1. The number of carbonyl (C=O) groups excluding carboxylic acids is 1. The van der Waals surface area contributed by atoms with Crippen LogP contribution in [0.1, 0.15) is 5.56 Å². The summed E-state index contributed by atoms with van der Waals surface area (Å²) in [6.07, 6.45) is -4.08. The molecule has 1 heterocycles. The zero-order chi connectivity index (χ0) is 18.6. The summed E-state index contributed by atoms with van der Waals surface area (Å²) in [6, 6.07) is 6.04. The second-order valence-electron chi connectivity index (χ2n) is 5.41. The van der Waals surface area contributed by atoms with E-state index in [0.717, 1.165) is 11.8 Å². The number of carbonyl (C=O) groups is 1. The highest BCUT2D eigenvalue weighted by Crippen LogP contribution is 2.34. The molecule has 0 amide bonds. The van der Waals surface area contributed by atoms with Gasteiger partial charge in [0.2, 0.25) is 0 Å². The van der Waals surface area contributed by atoms with E-state index in [0.29, 0.717) is 5.56 Å². The Bertz CT molecular complexity index is 615. The minimum atomic E-state index is -1.53. The van der Waals surface area contributed by atoms with E-state index in [-0.39, 0.29) is 10.7 Å². The molecule has 1 saturated heterocycles. The van der Waals surface area contributed by atoms with Crippen molar-refractivity contribution in [3.05, 3.63) is 34.7 Å². The van der Waals surface area contributed by atoms with E-state index < -0.39 is 42.4 Å². The Balaban J connectivity index is 2.24. The van der Waals surface area contributed by atoms with Crippen LogP contribution >= 0.6 is 11.8 Å². The molecule has 5 atom stereocenters. The molecule has 0 spiro atoms. The molecule has 0 radical (unpaired) electrons. The number of thioether (sulfide) groups is 1. The van der Waals surface area contributed by atoms with E-state index >= 15 is 0 Å². The quantitative estimate of drug-likeness (QED) is 0.340. The van der Waals surface area contributed by atoms with Crippen LogP contribution in [0.25, 0.3) is 6.08 Å². The maximum absolute atomic E-state index is 12.0. The van der Waals surface area contributed by atoms with E-state index in [9.17, 15) is 30.3 Å². The lowest BCUT2D eigenvalue weighted by molar-refractivity contribution is -0.205. The molecule has 1 fully saturated rings. The van der Waals surface area contributed by atoms with Crippen molar-refractivity contribution in [2.45, 2.75) is 29.9 Å². The fourth-order valence-corrected chi connectivity index (χ4v) is 3.39. The highest BCUT2D eigenvalue weighted by Gasteiger charge is 2.44. The van der Waals surface area contributed by atoms with Gasteiger partial charge in [0.05, 0.1) is 18.6 Å². The van der Waals surface area contributed by atoms with Crippen LogP contribution in [-0.4, -0.2) is 75.1 Å². The van der Waals surface area contributed by atoms with Gasteiger partial charge in [-0.05, 0) is 23.8 Å². The Kier molecular flexibility index (Phi) is 6.82. The summed E-state index contributed by atoms with van der Waals surface area (Å²) < 4.78 is 10.1. The van der Waals surface area contributed by atoms with Crippen molar-refractivity contribution in [3.63, 3.8) is 0 Å². The molecule has 1 aromatic carbocycles. The number of methoxy groups -OCH3 is 1. The van der Waals surface area contributed by atoms with Crippen molar-refractivity contribution >= 4 is 23.8 Å². The molecule has 0 unspecified atom stereocenters. The summed E-state index contributed by atoms with van der Waals surface area (Å²) in [5.41, 5.74) is -0.506. The number of rotatable bonds is 5. The third kappa shape index (κ3) is 4.72. The van der Waals surface area contributed by atoms with Crippen LogP contribution in [0.5, 0.6) is 5.75 Å². The van der Waals surface area contributed by atoms with Gasteiger partial charge < -0.3 is 35.0 Å². The molecule has 0 bridgehead atoms. The molecule has 138 valence electrons. The molecule has 2 rings (SSSR count). The van der Waals surface area contributed by atoms with Gasteiger partial charge in [-0.2, -0.15) is 0 Å². The predicted molar refractivity (Wildman–Crippen MR) is 89.5 cm³/mol. The summed E-state index contributed by atoms with van der Waals surface area (Å²) >= 11 is 0.800. The Morgan fingerprint density at radius 2 is 1.84 bits per heavy atom. The molecule has 9 heteroatoms. The van der Waals surface area contributed by atoms with Crippen molar-refractivity contribution in [1.82, 2.24) is 0 Å². The smallest absolute Gasteiger partial charge is 0.344 e. The third-order valence-corrected chi connectivity index (χ3v) is 4.83. The van der Waals surface area contributed by atoms with Gasteiger partial charge in [0.1, 0.15) is 35.6 Å². The minimum Gasteiger partial charge on any atom is -0.508 e. The Morgan fingerprint density at radius 1 is 1.20 bits per heavy atom. The monoisotopic (exact) mass is 372 g/mol. The van der Waals surface area contributed by atoms with Gasteiger partial charge >= 0.3 is 5.97 Å². The number of benzene rings is 1. The van der Waals surface area contributed by atoms with Crippen molar-refractivity contribution in [1.29, 1.82) is 0 Å². The van der Waals surface area contributed by atoms with Crippen LogP contribution in [0, 0.1) is 0 Å². The number of phenolic OH excluding ortho intramolecular Hbond substituents is 1. The van der Waals surface area contributed by atoms with Gasteiger partial charge in [-0.15, -0.1) is 0 Å². The van der Waals surface area contributed by atoms with Gasteiger partial charge in [0, 0.05) is 0 Å². The van der Waals surface area contributed by atoms with E-state index in [4.69, 9.17) is 9.47 Å². The fourth-order valence-electron chi connectivity index (χ4n) is 2.25. The third-order valence-electron chi connectivity index (χ3n) is 3.67. The van der Waals surface area contributed by atoms with Crippen molar-refractivity contribution < 1.29 is 39.8 Å². The topological polar surface area (TPSA) is 137 Å². The number of hydrogen-bond donors (Lipinski definition) is 5. The molecule has 5 N–H and O–H groups in total. The lowest BCUT2D eigenvalue weighted by atomic mass is 10.0. The van der Waals surface area contributed by atoms with Crippen LogP contribution in [0.15, 0.2) is 29.2 Å². The first-order valence-electron chi connectivity index (χ1n) is 7.43. The van der Waals surface area contributed by atoms with E-state index in [1.54, 1.807) is 12.1 Å². The Hall–Kier alpha value is -1.62. The van der Waals surface area contributed by atoms with Gasteiger partial charge in [-0.1, -0.05) is 23.9 Å². The highest BCUT2D eigenvalue weighted by molar-refractivity contribution is 8.04. The molecule has 0 saturated carbocycles. The maximum Gasteiger partial charge on any atom is 0.344 e. The summed E-state index contributed by atoms with van der Waals surface area (Å²) in [6.45, 7) is -0.558. The minimum absolute atomic E-state index is 0.0679. The molecular formula is C16H20O8S. The number of aliphatic hydroxyl groups is 4. The van der Waals surface area contributed by atoms with Gasteiger partial charge in [-0.3, -0.25) is 0 Å². The van der Waals surface area contributed by atoms with Gasteiger partial charge in [0.25, 0.3) is 0 Å². The van der Waals surface area contributed by atoms with Crippen LogP contribution in [0.4, 0.5) is 0 Å². The SMILES string of the molecule is COC(=O)/C(=C\c1ccc(O)cc1)S[C@@H]1O[C@H](CO)[C@@H](O)[C@H](O)[C@H]1O. The van der Waals surface area contributed by atoms with Gasteiger partial charge in [-0.25, -0.2) is 4.79 Å². The molecule has 0 aliphatic carbocycles. The normalized spacial score (nSPS) is 30.1. The zero-order valence-corrected chi connectivity index (χ0v) is 14.2. The molecular weight excluding hydrogens is 352 g/mol. The number of phenols is 1. The van der Waals surface area contributed by atoms with E-state index in [1.165, 1.54) is 25.3 Å². The van der Waals surface area contributed by atoms with Crippen molar-refractivity contribution in [2.75, 3.05) is 13.7 Å². The summed E-state index contributed by atoms with van der Waals surface area (Å²) in [4.78, 5) is 12.1. The van der Waals surface area contributed by atoms with E-state index in [2.05, 4.69) is 0 Å². The second kappa shape index (κ2) is 8.65. The van der Waals surface area contributed by atoms with Crippen molar-refractivity contribution in [2.24, 2.45) is 0 Å². The van der Waals surface area contributed by atoms with Crippen LogP contribution in [0.3, 0.4) is 0 Å².